The van der Waals surface area contributed by atoms with Crippen LogP contribution in [0.3, 0.4) is 0 Å². The fourth-order valence-corrected chi connectivity index (χ4v) is 1.95. The summed E-state index contributed by atoms with van der Waals surface area (Å²) in [5.74, 6) is 0. The molecule has 0 atom stereocenters. The Balaban J connectivity index is 2.77. The average Bonchev–Trinajstić information content (AvgIpc) is 2.27. The first-order valence-electron chi connectivity index (χ1n) is 6.24. The lowest BCUT2D eigenvalue weighted by molar-refractivity contribution is 0.671. The monoisotopic (exact) mass is 220 g/mol. The molecule has 0 unspecified atom stereocenters. The summed E-state index contributed by atoms with van der Waals surface area (Å²) >= 11 is 0. The van der Waals surface area contributed by atoms with E-state index in [1.165, 1.54) is 17.7 Å². The van der Waals surface area contributed by atoms with Crippen LogP contribution in [-0.2, 0) is 6.42 Å². The first kappa shape index (κ1) is 13.0. The summed E-state index contributed by atoms with van der Waals surface area (Å²) in [4.78, 5) is 2.44. The highest BCUT2D eigenvalue weighted by molar-refractivity contribution is 5.48. The van der Waals surface area contributed by atoms with Gasteiger partial charge in [0.1, 0.15) is 0 Å². The van der Waals surface area contributed by atoms with Crippen LogP contribution >= 0.6 is 0 Å². The molecule has 0 heterocycles. The van der Waals surface area contributed by atoms with Gasteiger partial charge in [-0.2, -0.15) is 0 Å². The zero-order chi connectivity index (χ0) is 12.0. The molecule has 1 aromatic carbocycles. The van der Waals surface area contributed by atoms with Gasteiger partial charge in [-0.3, -0.25) is 0 Å². The second-order valence-electron chi connectivity index (χ2n) is 4.49. The van der Waals surface area contributed by atoms with E-state index in [2.05, 4.69) is 49.9 Å². The largest absolute Gasteiger partial charge is 0.369 e. The van der Waals surface area contributed by atoms with E-state index >= 15 is 0 Å². The van der Waals surface area contributed by atoms with E-state index in [4.69, 9.17) is 5.73 Å². The van der Waals surface area contributed by atoms with Gasteiger partial charge in [0.05, 0.1) is 0 Å². The molecule has 0 fully saturated rings. The predicted octanol–water partition coefficient (Wildman–Crippen LogP) is 2.81. The maximum atomic E-state index is 5.54. The van der Waals surface area contributed by atoms with Gasteiger partial charge >= 0.3 is 0 Å². The third-order valence-electron chi connectivity index (χ3n) is 2.79. The topological polar surface area (TPSA) is 29.3 Å². The van der Waals surface area contributed by atoms with Crippen molar-refractivity contribution >= 4 is 5.69 Å². The molecule has 0 saturated heterocycles. The van der Waals surface area contributed by atoms with Crippen molar-refractivity contribution in [2.45, 2.75) is 39.7 Å². The zero-order valence-electron chi connectivity index (χ0n) is 10.7. The first-order chi connectivity index (χ1) is 7.69. The van der Waals surface area contributed by atoms with Gasteiger partial charge < -0.3 is 10.6 Å². The number of nitrogens with zero attached hydrogens (tertiary/aromatic N) is 1. The van der Waals surface area contributed by atoms with Crippen LogP contribution in [0.15, 0.2) is 24.3 Å². The van der Waals surface area contributed by atoms with Crippen LogP contribution in [0.5, 0.6) is 0 Å². The van der Waals surface area contributed by atoms with Crippen molar-refractivity contribution in [1.29, 1.82) is 0 Å². The molecule has 0 spiro atoms. The zero-order valence-corrected chi connectivity index (χ0v) is 10.7. The maximum absolute atomic E-state index is 5.54. The van der Waals surface area contributed by atoms with Crippen molar-refractivity contribution in [3.8, 4) is 0 Å². The van der Waals surface area contributed by atoms with E-state index in [0.29, 0.717) is 6.04 Å². The van der Waals surface area contributed by atoms with Gasteiger partial charge in [-0.25, -0.2) is 0 Å². The van der Waals surface area contributed by atoms with Crippen LogP contribution in [0, 0.1) is 0 Å². The van der Waals surface area contributed by atoms with Crippen LogP contribution in [0.4, 0.5) is 5.69 Å². The molecular formula is C14H24N2. The molecule has 0 aliphatic heterocycles. The summed E-state index contributed by atoms with van der Waals surface area (Å²) in [6.07, 6.45) is 2.15. The molecule has 16 heavy (non-hydrogen) atoms. The quantitative estimate of drug-likeness (QED) is 0.798. The molecule has 0 aromatic heterocycles. The van der Waals surface area contributed by atoms with Crippen molar-refractivity contribution in [2.24, 2.45) is 5.73 Å². The molecule has 2 heteroatoms. The Bertz CT molecular complexity index is 290. The van der Waals surface area contributed by atoms with E-state index in [9.17, 15) is 0 Å². The molecule has 2 nitrogen and oxygen atoms in total. The normalized spacial score (nSPS) is 10.8. The van der Waals surface area contributed by atoms with Crippen molar-refractivity contribution < 1.29 is 0 Å². The summed E-state index contributed by atoms with van der Waals surface area (Å²) < 4.78 is 0. The summed E-state index contributed by atoms with van der Waals surface area (Å²) in [6.45, 7) is 8.54. The Morgan fingerprint density at radius 3 is 2.25 bits per heavy atom. The van der Waals surface area contributed by atoms with E-state index in [0.717, 1.165) is 19.5 Å². The van der Waals surface area contributed by atoms with Gasteiger partial charge in [0.15, 0.2) is 0 Å². The molecule has 0 aliphatic carbocycles. The second-order valence-corrected chi connectivity index (χ2v) is 4.49. The number of anilines is 1. The van der Waals surface area contributed by atoms with Crippen molar-refractivity contribution in [2.75, 3.05) is 18.0 Å². The van der Waals surface area contributed by atoms with E-state index in [1.54, 1.807) is 0 Å². The lowest BCUT2D eigenvalue weighted by atomic mass is 10.1. The van der Waals surface area contributed by atoms with Gasteiger partial charge in [-0.05, 0) is 50.9 Å². The number of rotatable bonds is 6. The van der Waals surface area contributed by atoms with Crippen LogP contribution in [0.1, 0.15) is 32.8 Å². The third-order valence-corrected chi connectivity index (χ3v) is 2.79. The lowest BCUT2D eigenvalue weighted by Crippen LogP contribution is -2.31. The fourth-order valence-electron chi connectivity index (χ4n) is 1.95. The fraction of sp³-hybridized carbons (Fsp3) is 0.571. The Morgan fingerprint density at radius 1 is 1.19 bits per heavy atom. The average molecular weight is 220 g/mol. The predicted molar refractivity (Wildman–Crippen MR) is 72.0 cm³/mol. The molecule has 0 saturated carbocycles. The summed E-state index contributed by atoms with van der Waals surface area (Å²) in [7, 11) is 0. The van der Waals surface area contributed by atoms with Crippen molar-refractivity contribution in [3.05, 3.63) is 29.8 Å². The second kappa shape index (κ2) is 6.54. The number of nitrogens with two attached hydrogens (primary N) is 1. The smallest absolute Gasteiger partial charge is 0.0368 e. The van der Waals surface area contributed by atoms with Crippen molar-refractivity contribution in [3.63, 3.8) is 0 Å². The van der Waals surface area contributed by atoms with Crippen LogP contribution in [0.2, 0.25) is 0 Å². The third kappa shape index (κ3) is 3.53. The lowest BCUT2D eigenvalue weighted by Gasteiger charge is -2.28. The van der Waals surface area contributed by atoms with Crippen molar-refractivity contribution in [1.82, 2.24) is 0 Å². The van der Waals surface area contributed by atoms with Gasteiger partial charge in [-0.15, -0.1) is 0 Å². The SMILES string of the molecule is CCCN(c1ccc(CCN)cc1)C(C)C. The molecule has 90 valence electrons. The molecule has 0 aliphatic rings. The van der Waals surface area contributed by atoms with Gasteiger partial charge in [0, 0.05) is 18.3 Å². The standard InChI is InChI=1S/C14H24N2/c1-4-11-16(12(2)3)14-7-5-13(6-8-14)9-10-15/h5-8,12H,4,9-11,15H2,1-3H3. The van der Waals surface area contributed by atoms with Gasteiger partial charge in [0.2, 0.25) is 0 Å². The molecule has 0 bridgehead atoms. The summed E-state index contributed by atoms with van der Waals surface area (Å²) in [5.41, 5.74) is 8.19. The van der Waals surface area contributed by atoms with Crippen LogP contribution in [-0.4, -0.2) is 19.1 Å². The van der Waals surface area contributed by atoms with Crippen LogP contribution < -0.4 is 10.6 Å². The molecule has 0 amide bonds. The van der Waals surface area contributed by atoms with E-state index in [-0.39, 0.29) is 0 Å². The first-order valence-corrected chi connectivity index (χ1v) is 6.24. The number of hydrogen-bond acceptors (Lipinski definition) is 2. The molecule has 2 N–H and O–H groups in total. The molecule has 0 radical (unpaired) electrons. The van der Waals surface area contributed by atoms with E-state index in [1.807, 2.05) is 0 Å². The van der Waals surface area contributed by atoms with E-state index < -0.39 is 0 Å². The molecule has 1 rings (SSSR count). The highest BCUT2D eigenvalue weighted by Crippen LogP contribution is 2.18. The highest BCUT2D eigenvalue weighted by atomic mass is 15.1. The minimum Gasteiger partial charge on any atom is -0.369 e. The molecule has 1 aromatic rings. The van der Waals surface area contributed by atoms with Gasteiger partial charge in [0.25, 0.3) is 0 Å². The molecular weight excluding hydrogens is 196 g/mol. The minimum atomic E-state index is 0.556. The summed E-state index contributed by atoms with van der Waals surface area (Å²) in [5, 5.41) is 0. The number of hydrogen-bond donors (Lipinski definition) is 1. The number of benzene rings is 1. The van der Waals surface area contributed by atoms with Gasteiger partial charge in [-0.1, -0.05) is 19.1 Å². The minimum absolute atomic E-state index is 0.556. The summed E-state index contributed by atoms with van der Waals surface area (Å²) in [6, 6.07) is 9.35. The highest BCUT2D eigenvalue weighted by Gasteiger charge is 2.08. The maximum Gasteiger partial charge on any atom is 0.0368 e. The Kier molecular flexibility index (Phi) is 5.33. The Morgan fingerprint density at radius 2 is 1.81 bits per heavy atom. The Labute approximate surface area is 99.5 Å². The van der Waals surface area contributed by atoms with Crippen LogP contribution in [0.25, 0.3) is 0 Å². The Hall–Kier alpha value is -1.02.